The fourth-order valence-electron chi connectivity index (χ4n) is 2.60. The van der Waals surface area contributed by atoms with Crippen LogP contribution in [0.2, 0.25) is 0 Å². The van der Waals surface area contributed by atoms with Gasteiger partial charge in [0.1, 0.15) is 5.76 Å². The summed E-state index contributed by atoms with van der Waals surface area (Å²) >= 11 is 1.89. The van der Waals surface area contributed by atoms with Crippen LogP contribution in [0.5, 0.6) is 0 Å². The second-order valence-electron chi connectivity index (χ2n) is 5.12. The molecule has 0 saturated carbocycles. The summed E-state index contributed by atoms with van der Waals surface area (Å²) in [6.07, 6.45) is 3.73. The van der Waals surface area contributed by atoms with Crippen LogP contribution in [0.15, 0.2) is 16.5 Å². The number of aryl methyl sites for hydroxylation is 3. The molecule has 1 aliphatic carbocycles. The molecule has 106 valence electrons. The summed E-state index contributed by atoms with van der Waals surface area (Å²) in [7, 11) is 0. The molecule has 3 rings (SSSR count). The highest BCUT2D eigenvalue weighted by Crippen LogP contribution is 2.30. The van der Waals surface area contributed by atoms with Crippen LogP contribution >= 0.6 is 11.3 Å². The third-order valence-corrected chi connectivity index (χ3v) is 4.88. The van der Waals surface area contributed by atoms with Crippen LogP contribution in [-0.4, -0.2) is 11.1 Å². The second kappa shape index (κ2) is 5.42. The molecule has 20 heavy (non-hydrogen) atoms. The van der Waals surface area contributed by atoms with Crippen LogP contribution in [0.25, 0.3) is 0 Å². The first-order chi connectivity index (χ1) is 9.63. The van der Waals surface area contributed by atoms with Gasteiger partial charge in [-0.2, -0.15) is 0 Å². The summed E-state index contributed by atoms with van der Waals surface area (Å²) in [5.74, 6) is -0.341. The molecule has 0 aliphatic heterocycles. The minimum absolute atomic E-state index is 0.00870. The summed E-state index contributed by atoms with van der Waals surface area (Å²) in [5.41, 5.74) is 2.42. The Bertz CT molecular complexity index is 620. The number of hydrogen-bond acceptors (Lipinski definition) is 4. The van der Waals surface area contributed by atoms with E-state index < -0.39 is 5.97 Å². The second-order valence-corrected chi connectivity index (χ2v) is 6.34. The van der Waals surface area contributed by atoms with Crippen molar-refractivity contribution in [2.24, 2.45) is 0 Å². The van der Waals surface area contributed by atoms with Crippen molar-refractivity contribution in [3.8, 4) is 0 Å². The maximum atomic E-state index is 10.8. The summed E-state index contributed by atoms with van der Waals surface area (Å²) in [5, 5.41) is 12.2. The average Bonchev–Trinajstić information content (AvgIpc) is 3.04. The number of rotatable bonds is 5. The van der Waals surface area contributed by atoms with E-state index in [-0.39, 0.29) is 5.76 Å². The van der Waals surface area contributed by atoms with Crippen molar-refractivity contribution in [2.45, 2.75) is 39.3 Å². The highest BCUT2D eigenvalue weighted by atomic mass is 32.1. The molecule has 2 N–H and O–H groups in total. The highest BCUT2D eigenvalue weighted by molar-refractivity contribution is 7.12. The molecule has 2 heterocycles. The molecular weight excluding hydrogens is 274 g/mol. The van der Waals surface area contributed by atoms with E-state index in [2.05, 4.69) is 11.4 Å². The number of hydrogen-bond donors (Lipinski definition) is 2. The molecule has 2 aromatic heterocycles. The normalized spacial score (nSPS) is 13.7. The van der Waals surface area contributed by atoms with E-state index in [1.807, 2.05) is 11.3 Å². The van der Waals surface area contributed by atoms with Crippen molar-refractivity contribution in [3.05, 3.63) is 44.5 Å². The molecule has 1 aliphatic rings. The molecule has 5 heteroatoms. The Morgan fingerprint density at radius 2 is 2.25 bits per heavy atom. The maximum Gasteiger partial charge on any atom is 0.371 e. The molecule has 0 saturated heterocycles. The number of furan rings is 1. The zero-order valence-electron chi connectivity index (χ0n) is 11.4. The van der Waals surface area contributed by atoms with Gasteiger partial charge in [-0.25, -0.2) is 4.79 Å². The molecule has 0 atom stereocenters. The zero-order chi connectivity index (χ0) is 14.1. The van der Waals surface area contributed by atoms with Gasteiger partial charge in [-0.15, -0.1) is 11.3 Å². The molecule has 0 spiro atoms. The topological polar surface area (TPSA) is 62.5 Å². The van der Waals surface area contributed by atoms with Crippen LogP contribution < -0.4 is 5.32 Å². The fraction of sp³-hybridized carbons (Fsp3) is 0.400. The molecule has 0 amide bonds. The van der Waals surface area contributed by atoms with Gasteiger partial charge >= 0.3 is 5.97 Å². The Morgan fingerprint density at radius 1 is 1.40 bits per heavy atom. The monoisotopic (exact) mass is 291 g/mol. The Labute approximate surface area is 121 Å². The van der Waals surface area contributed by atoms with Crippen LogP contribution in [-0.2, 0) is 25.9 Å². The molecule has 0 bridgehead atoms. The van der Waals surface area contributed by atoms with Crippen molar-refractivity contribution in [2.75, 3.05) is 0 Å². The average molecular weight is 291 g/mol. The Balaban J connectivity index is 1.58. The predicted octanol–water partition coefficient (Wildman–Crippen LogP) is 3.13. The van der Waals surface area contributed by atoms with Crippen LogP contribution in [0.3, 0.4) is 0 Å². The number of carboxylic acids is 1. The van der Waals surface area contributed by atoms with Crippen molar-refractivity contribution in [3.63, 3.8) is 0 Å². The number of fused-ring (bicyclic) bond motifs is 1. The van der Waals surface area contributed by atoms with Crippen LogP contribution in [0, 0.1) is 6.92 Å². The molecule has 2 aromatic rings. The Morgan fingerprint density at radius 3 is 2.95 bits per heavy atom. The van der Waals surface area contributed by atoms with Crippen molar-refractivity contribution >= 4 is 17.3 Å². The quantitative estimate of drug-likeness (QED) is 0.888. The standard InChI is InChI=1S/C15H17NO3S/c1-9-11(6-13(19-9)15(17)18)7-16-8-12-5-10-3-2-4-14(10)20-12/h5-6,16H,2-4,7-8H2,1H3,(H,17,18). The number of aromatic carboxylic acids is 1. The van der Waals surface area contributed by atoms with Gasteiger partial charge in [0.2, 0.25) is 5.76 Å². The summed E-state index contributed by atoms with van der Waals surface area (Å²) in [4.78, 5) is 13.7. The number of carbonyl (C=O) groups is 1. The minimum atomic E-state index is -1.02. The Kier molecular flexibility index (Phi) is 3.63. The smallest absolute Gasteiger partial charge is 0.371 e. The van der Waals surface area contributed by atoms with Gasteiger partial charge in [-0.05, 0) is 43.9 Å². The van der Waals surface area contributed by atoms with Gasteiger partial charge in [0, 0.05) is 28.4 Å². The molecule has 0 unspecified atom stereocenters. The Hall–Kier alpha value is -1.59. The maximum absolute atomic E-state index is 10.8. The fourth-order valence-corrected chi connectivity index (χ4v) is 3.83. The van der Waals surface area contributed by atoms with E-state index in [9.17, 15) is 4.79 Å². The van der Waals surface area contributed by atoms with E-state index in [1.54, 1.807) is 13.0 Å². The van der Waals surface area contributed by atoms with Gasteiger partial charge in [0.15, 0.2) is 0 Å². The van der Waals surface area contributed by atoms with Gasteiger partial charge in [-0.1, -0.05) is 0 Å². The predicted molar refractivity (Wildman–Crippen MR) is 77.3 cm³/mol. The lowest BCUT2D eigenvalue weighted by Gasteiger charge is -2.01. The van der Waals surface area contributed by atoms with Crippen molar-refractivity contribution < 1.29 is 14.3 Å². The van der Waals surface area contributed by atoms with Crippen LogP contribution in [0.4, 0.5) is 0 Å². The van der Waals surface area contributed by atoms with Gasteiger partial charge < -0.3 is 14.8 Å². The van der Waals surface area contributed by atoms with Gasteiger partial charge in [0.25, 0.3) is 0 Å². The van der Waals surface area contributed by atoms with E-state index >= 15 is 0 Å². The van der Waals surface area contributed by atoms with Crippen molar-refractivity contribution in [1.29, 1.82) is 0 Å². The number of carboxylic acid groups (broad SMARTS) is 1. The lowest BCUT2D eigenvalue weighted by atomic mass is 10.2. The first kappa shape index (κ1) is 13.4. The molecular formula is C15H17NO3S. The first-order valence-corrected chi connectivity index (χ1v) is 7.59. The lowest BCUT2D eigenvalue weighted by molar-refractivity contribution is 0.0661. The molecule has 4 nitrogen and oxygen atoms in total. The third-order valence-electron chi connectivity index (χ3n) is 3.64. The van der Waals surface area contributed by atoms with E-state index in [4.69, 9.17) is 9.52 Å². The van der Waals surface area contributed by atoms with E-state index in [0.29, 0.717) is 12.3 Å². The third kappa shape index (κ3) is 2.64. The van der Waals surface area contributed by atoms with Crippen LogP contribution in [0.1, 0.15) is 43.6 Å². The number of nitrogens with one attached hydrogen (secondary N) is 1. The number of thiophene rings is 1. The molecule has 0 fully saturated rings. The summed E-state index contributed by atoms with van der Waals surface area (Å²) in [6.45, 7) is 3.25. The molecule has 0 radical (unpaired) electrons. The summed E-state index contributed by atoms with van der Waals surface area (Å²) < 4.78 is 5.19. The largest absolute Gasteiger partial charge is 0.475 e. The van der Waals surface area contributed by atoms with Gasteiger partial charge in [-0.3, -0.25) is 0 Å². The first-order valence-electron chi connectivity index (χ1n) is 6.77. The zero-order valence-corrected chi connectivity index (χ0v) is 12.2. The van der Waals surface area contributed by atoms with Gasteiger partial charge in [0.05, 0.1) is 0 Å². The van der Waals surface area contributed by atoms with E-state index in [0.717, 1.165) is 12.1 Å². The lowest BCUT2D eigenvalue weighted by Crippen LogP contribution is -2.11. The minimum Gasteiger partial charge on any atom is -0.475 e. The van der Waals surface area contributed by atoms with E-state index in [1.165, 1.54) is 34.6 Å². The highest BCUT2D eigenvalue weighted by Gasteiger charge is 2.15. The molecule has 0 aromatic carbocycles. The van der Waals surface area contributed by atoms with Crippen molar-refractivity contribution in [1.82, 2.24) is 5.32 Å². The SMILES string of the molecule is Cc1oc(C(=O)O)cc1CNCc1cc2c(s1)CCC2. The summed E-state index contributed by atoms with van der Waals surface area (Å²) in [6, 6.07) is 3.89.